The normalized spacial score (nSPS) is 21.3. The molecule has 11 heteroatoms. The van der Waals surface area contributed by atoms with Crippen molar-refractivity contribution in [2.24, 2.45) is 11.8 Å². The van der Waals surface area contributed by atoms with Gasteiger partial charge in [-0.05, 0) is 44.4 Å². The van der Waals surface area contributed by atoms with Gasteiger partial charge in [0.25, 0.3) is 5.91 Å². The summed E-state index contributed by atoms with van der Waals surface area (Å²) in [6.07, 6.45) is 6.68. The van der Waals surface area contributed by atoms with Crippen molar-refractivity contribution >= 4 is 36.6 Å². The molecule has 2 amide bonds. The van der Waals surface area contributed by atoms with E-state index in [0.717, 1.165) is 63.2 Å². The molecule has 4 rings (SSSR count). The summed E-state index contributed by atoms with van der Waals surface area (Å²) in [4.78, 5) is 36.3. The number of aryl methyl sites for hydroxylation is 1. The molecule has 38 heavy (non-hydrogen) atoms. The molecule has 4 heterocycles. The van der Waals surface area contributed by atoms with E-state index in [2.05, 4.69) is 23.7 Å². The summed E-state index contributed by atoms with van der Waals surface area (Å²) >= 11 is 0. The highest BCUT2D eigenvalue weighted by Gasteiger charge is 2.37. The van der Waals surface area contributed by atoms with Gasteiger partial charge >= 0.3 is 0 Å². The number of fused-ring (bicyclic) bond motifs is 1. The van der Waals surface area contributed by atoms with Crippen molar-refractivity contribution in [2.45, 2.75) is 71.4 Å². The Morgan fingerprint density at radius 1 is 1.13 bits per heavy atom. The van der Waals surface area contributed by atoms with E-state index < -0.39 is 0 Å². The number of piperidine rings is 1. The number of hydrogen-bond donors (Lipinski definition) is 1. The third-order valence-corrected chi connectivity index (χ3v) is 7.66. The molecule has 9 nitrogen and oxygen atoms in total. The summed E-state index contributed by atoms with van der Waals surface area (Å²) in [5.74, 6) is 1.47. The number of rotatable bonds is 10. The Kier molecular flexibility index (Phi) is 13.8. The lowest BCUT2D eigenvalue weighted by atomic mass is 9.92. The molecule has 218 valence electrons. The molecule has 3 aliphatic rings. The number of morpholine rings is 1. The minimum atomic E-state index is -0.118. The molecule has 0 aromatic carbocycles. The number of aromatic nitrogens is 2. The first kappa shape index (κ1) is 32.8. The molecule has 0 bridgehead atoms. The minimum absolute atomic E-state index is 0. The van der Waals surface area contributed by atoms with Gasteiger partial charge in [0.15, 0.2) is 0 Å². The van der Waals surface area contributed by atoms with Crippen LogP contribution in [-0.2, 0) is 33.7 Å². The first-order valence-corrected chi connectivity index (χ1v) is 13.9. The second kappa shape index (κ2) is 16.0. The fourth-order valence-corrected chi connectivity index (χ4v) is 5.82. The number of methoxy groups -OCH3 is 1. The van der Waals surface area contributed by atoms with Crippen molar-refractivity contribution in [3.63, 3.8) is 0 Å². The monoisotopic (exact) mass is 575 g/mol. The smallest absolute Gasteiger partial charge is 0.274 e. The van der Waals surface area contributed by atoms with Crippen LogP contribution in [-0.4, -0.2) is 96.9 Å². The third-order valence-electron chi connectivity index (χ3n) is 7.66. The van der Waals surface area contributed by atoms with Gasteiger partial charge in [-0.15, -0.1) is 24.8 Å². The summed E-state index contributed by atoms with van der Waals surface area (Å²) in [5.41, 5.74) is 1.72. The van der Waals surface area contributed by atoms with Gasteiger partial charge in [0.1, 0.15) is 11.5 Å². The van der Waals surface area contributed by atoms with Crippen molar-refractivity contribution in [3.05, 3.63) is 17.2 Å². The molecular weight excluding hydrogens is 529 g/mol. The third kappa shape index (κ3) is 8.07. The first-order chi connectivity index (χ1) is 17.5. The van der Waals surface area contributed by atoms with E-state index >= 15 is 0 Å². The van der Waals surface area contributed by atoms with Gasteiger partial charge < -0.3 is 29.2 Å². The van der Waals surface area contributed by atoms with Crippen LogP contribution in [0.4, 0.5) is 0 Å². The average Bonchev–Trinajstić information content (AvgIpc) is 3.28. The predicted octanol–water partition coefficient (Wildman–Crippen LogP) is 2.97. The van der Waals surface area contributed by atoms with Gasteiger partial charge in [-0.25, -0.2) is 4.98 Å². The van der Waals surface area contributed by atoms with Crippen LogP contribution in [0.15, 0.2) is 0 Å². The maximum absolute atomic E-state index is 14.2. The Balaban J connectivity index is 0.00000253. The van der Waals surface area contributed by atoms with Gasteiger partial charge in [0.2, 0.25) is 5.91 Å². The van der Waals surface area contributed by atoms with Crippen molar-refractivity contribution in [2.75, 3.05) is 59.7 Å². The summed E-state index contributed by atoms with van der Waals surface area (Å²) in [6.45, 7) is 10.5. The van der Waals surface area contributed by atoms with Crippen LogP contribution >= 0.6 is 24.8 Å². The SMILES string of the molecule is COCCCCc1c(C(=O)N(CC(C)C)[C@@H]2CNC[C@H](C(=O)N3CCOCC3)C2)nc2n1CCCC2.Cl.Cl. The van der Waals surface area contributed by atoms with Gasteiger partial charge in [0, 0.05) is 65.4 Å². The highest BCUT2D eigenvalue weighted by atomic mass is 35.5. The van der Waals surface area contributed by atoms with E-state index in [9.17, 15) is 9.59 Å². The van der Waals surface area contributed by atoms with Crippen molar-refractivity contribution in [1.82, 2.24) is 24.7 Å². The molecule has 1 aromatic heterocycles. The standard InChI is InChI=1S/C27H45N5O4.2ClH/c1-20(2)19-32(22-16-21(17-28-18-22)26(33)30-11-14-36-15-12-30)27(34)25-23(8-5-7-13-35-3)31-10-6-4-9-24(31)29-25;;/h20-22,28H,4-19H2,1-3H3;2*1H/t21-,22+;;/m1../s1. The molecule has 2 atom stereocenters. The van der Waals surface area contributed by atoms with Crippen LogP contribution in [0.2, 0.25) is 0 Å². The summed E-state index contributed by atoms with van der Waals surface area (Å²) in [6, 6.07) is -0.0243. The highest BCUT2D eigenvalue weighted by molar-refractivity contribution is 5.94. The average molecular weight is 577 g/mol. The molecule has 0 aliphatic carbocycles. The van der Waals surface area contributed by atoms with Crippen LogP contribution < -0.4 is 5.32 Å². The van der Waals surface area contributed by atoms with Crippen LogP contribution in [0.3, 0.4) is 0 Å². The van der Waals surface area contributed by atoms with E-state index in [1.165, 1.54) is 0 Å². The Hall–Kier alpha value is -1.39. The van der Waals surface area contributed by atoms with Crippen LogP contribution in [0.1, 0.15) is 68.0 Å². The van der Waals surface area contributed by atoms with E-state index in [1.807, 2.05) is 9.80 Å². The quantitative estimate of drug-likeness (QED) is 0.431. The maximum atomic E-state index is 14.2. The number of carbonyl (C=O) groups is 2. The number of nitrogens with one attached hydrogen (secondary N) is 1. The predicted molar refractivity (Wildman–Crippen MR) is 153 cm³/mol. The number of halogens is 2. The van der Waals surface area contributed by atoms with Gasteiger partial charge in [-0.1, -0.05) is 13.8 Å². The Bertz CT molecular complexity index is 891. The molecule has 0 saturated carbocycles. The zero-order valence-electron chi connectivity index (χ0n) is 23.3. The maximum Gasteiger partial charge on any atom is 0.274 e. The number of nitrogens with zero attached hydrogens (tertiary/aromatic N) is 4. The number of ether oxygens (including phenoxy) is 2. The molecule has 0 unspecified atom stereocenters. The topological polar surface area (TPSA) is 88.9 Å². The van der Waals surface area contributed by atoms with E-state index in [0.29, 0.717) is 64.0 Å². The minimum Gasteiger partial charge on any atom is -0.385 e. The van der Waals surface area contributed by atoms with Gasteiger partial charge in [-0.2, -0.15) is 0 Å². The Morgan fingerprint density at radius 3 is 2.61 bits per heavy atom. The number of amides is 2. The summed E-state index contributed by atoms with van der Waals surface area (Å²) < 4.78 is 13.0. The van der Waals surface area contributed by atoms with Crippen molar-refractivity contribution in [1.29, 1.82) is 0 Å². The van der Waals surface area contributed by atoms with Crippen LogP contribution in [0, 0.1) is 11.8 Å². The Labute approximate surface area is 240 Å². The number of imidazole rings is 1. The number of hydrogen-bond acceptors (Lipinski definition) is 6. The lowest BCUT2D eigenvalue weighted by Crippen LogP contribution is -2.56. The lowest BCUT2D eigenvalue weighted by Gasteiger charge is -2.40. The molecule has 2 fully saturated rings. The molecule has 3 aliphatic heterocycles. The molecule has 1 N–H and O–H groups in total. The van der Waals surface area contributed by atoms with E-state index in [-0.39, 0.29) is 48.6 Å². The fraction of sp³-hybridized carbons (Fsp3) is 0.815. The van der Waals surface area contributed by atoms with Gasteiger partial charge in [-0.3, -0.25) is 9.59 Å². The lowest BCUT2D eigenvalue weighted by molar-refractivity contribution is -0.140. The van der Waals surface area contributed by atoms with Crippen LogP contribution in [0.25, 0.3) is 0 Å². The molecule has 0 spiro atoms. The highest BCUT2D eigenvalue weighted by Crippen LogP contribution is 2.26. The molecule has 2 saturated heterocycles. The van der Waals surface area contributed by atoms with Crippen LogP contribution in [0.5, 0.6) is 0 Å². The molecule has 0 radical (unpaired) electrons. The number of unbranched alkanes of at least 4 members (excludes halogenated alkanes) is 1. The number of carbonyl (C=O) groups excluding carboxylic acids is 2. The zero-order valence-corrected chi connectivity index (χ0v) is 24.9. The van der Waals surface area contributed by atoms with E-state index in [4.69, 9.17) is 14.5 Å². The summed E-state index contributed by atoms with van der Waals surface area (Å²) in [5, 5.41) is 3.46. The fourth-order valence-electron chi connectivity index (χ4n) is 5.82. The second-order valence-electron chi connectivity index (χ2n) is 10.9. The van der Waals surface area contributed by atoms with Gasteiger partial charge in [0.05, 0.1) is 24.8 Å². The van der Waals surface area contributed by atoms with Crippen molar-refractivity contribution in [3.8, 4) is 0 Å². The first-order valence-electron chi connectivity index (χ1n) is 13.9. The second-order valence-corrected chi connectivity index (χ2v) is 10.9. The Morgan fingerprint density at radius 2 is 1.89 bits per heavy atom. The molecule has 1 aromatic rings. The largest absolute Gasteiger partial charge is 0.385 e. The van der Waals surface area contributed by atoms with E-state index in [1.54, 1.807) is 7.11 Å². The molecular formula is C27H47Cl2N5O4. The zero-order chi connectivity index (χ0) is 25.5. The van der Waals surface area contributed by atoms with Crippen molar-refractivity contribution < 1.29 is 19.1 Å². The summed E-state index contributed by atoms with van der Waals surface area (Å²) in [7, 11) is 1.73.